The van der Waals surface area contributed by atoms with Gasteiger partial charge in [0.15, 0.2) is 0 Å². The van der Waals surface area contributed by atoms with E-state index >= 15 is 0 Å². The summed E-state index contributed by atoms with van der Waals surface area (Å²) in [5, 5.41) is 18.6. The van der Waals surface area contributed by atoms with Gasteiger partial charge in [-0.25, -0.2) is 0 Å². The van der Waals surface area contributed by atoms with Crippen molar-refractivity contribution in [2.75, 3.05) is 26.2 Å². The molecule has 0 bridgehead atoms. The van der Waals surface area contributed by atoms with Crippen molar-refractivity contribution in [3.05, 3.63) is 0 Å². The van der Waals surface area contributed by atoms with Crippen LogP contribution in [0.4, 0.5) is 0 Å². The Labute approximate surface area is 94.1 Å². The number of hydrogen-bond donors (Lipinski definition) is 2. The SMILES string of the molecule is CC(C)(C)CN(CCCO)CC(C)(C)O. The van der Waals surface area contributed by atoms with E-state index in [2.05, 4.69) is 25.7 Å². The zero-order valence-electron chi connectivity index (χ0n) is 10.9. The van der Waals surface area contributed by atoms with Crippen LogP contribution < -0.4 is 0 Å². The van der Waals surface area contributed by atoms with E-state index in [9.17, 15) is 5.11 Å². The lowest BCUT2D eigenvalue weighted by atomic mass is 9.95. The Morgan fingerprint density at radius 3 is 1.87 bits per heavy atom. The summed E-state index contributed by atoms with van der Waals surface area (Å²) in [5.41, 5.74) is -0.443. The van der Waals surface area contributed by atoms with E-state index < -0.39 is 5.60 Å². The van der Waals surface area contributed by atoms with Crippen LogP contribution in [0.1, 0.15) is 41.0 Å². The predicted octanol–water partition coefficient (Wildman–Crippen LogP) is 1.49. The van der Waals surface area contributed by atoms with Crippen LogP contribution in [-0.2, 0) is 0 Å². The van der Waals surface area contributed by atoms with E-state index in [1.165, 1.54) is 0 Å². The fourth-order valence-electron chi connectivity index (χ4n) is 1.73. The smallest absolute Gasteiger partial charge is 0.0718 e. The van der Waals surface area contributed by atoms with E-state index in [0.717, 1.165) is 19.5 Å². The molecule has 92 valence electrons. The van der Waals surface area contributed by atoms with Gasteiger partial charge in [-0.3, -0.25) is 4.90 Å². The summed E-state index contributed by atoms with van der Waals surface area (Å²) < 4.78 is 0. The van der Waals surface area contributed by atoms with Crippen LogP contribution in [0, 0.1) is 5.41 Å². The molecule has 0 aliphatic rings. The molecule has 0 amide bonds. The third kappa shape index (κ3) is 10.2. The quantitative estimate of drug-likeness (QED) is 0.708. The maximum atomic E-state index is 9.78. The molecule has 0 saturated heterocycles. The second kappa shape index (κ2) is 5.83. The lowest BCUT2D eigenvalue weighted by Gasteiger charge is -2.33. The lowest BCUT2D eigenvalue weighted by Crippen LogP contribution is -2.43. The van der Waals surface area contributed by atoms with E-state index in [1.807, 2.05) is 13.8 Å². The second-order valence-corrected chi connectivity index (χ2v) is 6.16. The molecule has 3 nitrogen and oxygen atoms in total. The molecule has 0 unspecified atom stereocenters. The van der Waals surface area contributed by atoms with Gasteiger partial charge >= 0.3 is 0 Å². The van der Waals surface area contributed by atoms with Crippen molar-refractivity contribution in [1.82, 2.24) is 4.90 Å². The van der Waals surface area contributed by atoms with Gasteiger partial charge in [0.2, 0.25) is 0 Å². The summed E-state index contributed by atoms with van der Waals surface area (Å²) in [6.45, 7) is 12.9. The molecule has 0 aliphatic carbocycles. The molecule has 0 spiro atoms. The van der Waals surface area contributed by atoms with Crippen molar-refractivity contribution in [3.63, 3.8) is 0 Å². The zero-order chi connectivity index (χ0) is 12.1. The van der Waals surface area contributed by atoms with Gasteiger partial charge in [0, 0.05) is 26.2 Å². The predicted molar refractivity (Wildman–Crippen MR) is 63.9 cm³/mol. The number of nitrogens with zero attached hydrogens (tertiary/aromatic N) is 1. The highest BCUT2D eigenvalue weighted by atomic mass is 16.3. The Morgan fingerprint density at radius 1 is 1.00 bits per heavy atom. The van der Waals surface area contributed by atoms with Crippen molar-refractivity contribution >= 4 is 0 Å². The minimum atomic E-state index is -0.666. The van der Waals surface area contributed by atoms with E-state index in [4.69, 9.17) is 5.11 Å². The highest BCUT2D eigenvalue weighted by Crippen LogP contribution is 2.17. The third-order valence-corrected chi connectivity index (χ3v) is 1.94. The maximum Gasteiger partial charge on any atom is 0.0718 e. The first-order valence-electron chi connectivity index (χ1n) is 5.70. The molecular weight excluding hydrogens is 190 g/mol. The Kier molecular flexibility index (Phi) is 5.78. The molecule has 0 aromatic carbocycles. The maximum absolute atomic E-state index is 9.78. The third-order valence-electron chi connectivity index (χ3n) is 1.94. The van der Waals surface area contributed by atoms with Gasteiger partial charge in [0.1, 0.15) is 0 Å². The van der Waals surface area contributed by atoms with Crippen molar-refractivity contribution < 1.29 is 10.2 Å². The first-order valence-corrected chi connectivity index (χ1v) is 5.70. The average molecular weight is 217 g/mol. The summed E-state index contributed by atoms with van der Waals surface area (Å²) in [7, 11) is 0. The fourth-order valence-corrected chi connectivity index (χ4v) is 1.73. The summed E-state index contributed by atoms with van der Waals surface area (Å²) in [6, 6.07) is 0. The molecule has 0 aromatic rings. The molecule has 0 radical (unpaired) electrons. The van der Waals surface area contributed by atoms with Gasteiger partial charge in [-0.05, 0) is 25.7 Å². The van der Waals surface area contributed by atoms with Crippen LogP contribution in [0.15, 0.2) is 0 Å². The number of aliphatic hydroxyl groups is 2. The largest absolute Gasteiger partial charge is 0.396 e. The van der Waals surface area contributed by atoms with Crippen LogP contribution in [0.25, 0.3) is 0 Å². The summed E-state index contributed by atoms with van der Waals surface area (Å²) in [4.78, 5) is 2.22. The van der Waals surface area contributed by atoms with Crippen LogP contribution in [0.2, 0.25) is 0 Å². The van der Waals surface area contributed by atoms with Crippen molar-refractivity contribution in [2.45, 2.75) is 46.6 Å². The molecule has 0 aromatic heterocycles. The summed E-state index contributed by atoms with van der Waals surface area (Å²) >= 11 is 0. The number of aliphatic hydroxyl groups excluding tert-OH is 1. The van der Waals surface area contributed by atoms with Crippen molar-refractivity contribution in [2.24, 2.45) is 5.41 Å². The molecule has 0 aliphatic heterocycles. The van der Waals surface area contributed by atoms with Gasteiger partial charge in [0.25, 0.3) is 0 Å². The molecule has 0 atom stereocenters. The zero-order valence-corrected chi connectivity index (χ0v) is 10.9. The van der Waals surface area contributed by atoms with Gasteiger partial charge in [-0.15, -0.1) is 0 Å². The van der Waals surface area contributed by atoms with E-state index in [-0.39, 0.29) is 12.0 Å². The Balaban J connectivity index is 4.19. The molecule has 3 heteroatoms. The fraction of sp³-hybridized carbons (Fsp3) is 1.00. The topological polar surface area (TPSA) is 43.7 Å². The van der Waals surface area contributed by atoms with Crippen molar-refractivity contribution in [3.8, 4) is 0 Å². The van der Waals surface area contributed by atoms with Crippen LogP contribution in [-0.4, -0.2) is 47.0 Å². The first-order chi connectivity index (χ1) is 6.64. The lowest BCUT2D eigenvalue weighted by molar-refractivity contribution is 0.0237. The minimum absolute atomic E-state index is 0.215. The summed E-state index contributed by atoms with van der Waals surface area (Å²) in [6.07, 6.45) is 0.770. The van der Waals surface area contributed by atoms with Crippen LogP contribution in [0.3, 0.4) is 0 Å². The monoisotopic (exact) mass is 217 g/mol. The van der Waals surface area contributed by atoms with E-state index in [0.29, 0.717) is 6.54 Å². The molecule has 0 heterocycles. The Bertz CT molecular complexity index is 151. The van der Waals surface area contributed by atoms with Gasteiger partial charge < -0.3 is 10.2 Å². The molecular formula is C12H27NO2. The molecule has 15 heavy (non-hydrogen) atoms. The Morgan fingerprint density at radius 2 is 1.53 bits per heavy atom. The van der Waals surface area contributed by atoms with E-state index in [1.54, 1.807) is 0 Å². The molecule has 2 N–H and O–H groups in total. The summed E-state index contributed by atoms with van der Waals surface area (Å²) in [5.74, 6) is 0. The molecule has 0 rings (SSSR count). The minimum Gasteiger partial charge on any atom is -0.396 e. The van der Waals surface area contributed by atoms with Gasteiger partial charge in [-0.1, -0.05) is 20.8 Å². The van der Waals surface area contributed by atoms with Crippen LogP contribution >= 0.6 is 0 Å². The molecule has 0 saturated carbocycles. The standard InChI is InChI=1S/C12H27NO2/c1-11(2,3)9-13(7-6-8-14)10-12(4,5)15/h14-15H,6-10H2,1-5H3. The molecule has 0 fully saturated rings. The normalized spacial score (nSPS) is 13.6. The number of rotatable bonds is 6. The average Bonchev–Trinajstić information content (AvgIpc) is 1.94. The first kappa shape index (κ1) is 14.9. The number of hydrogen-bond acceptors (Lipinski definition) is 3. The Hall–Kier alpha value is -0.120. The van der Waals surface area contributed by atoms with Gasteiger partial charge in [0.05, 0.1) is 5.60 Å². The van der Waals surface area contributed by atoms with Crippen molar-refractivity contribution in [1.29, 1.82) is 0 Å². The highest BCUT2D eigenvalue weighted by Gasteiger charge is 2.22. The van der Waals surface area contributed by atoms with Crippen LogP contribution in [0.5, 0.6) is 0 Å². The van der Waals surface area contributed by atoms with Gasteiger partial charge in [-0.2, -0.15) is 0 Å². The second-order valence-electron chi connectivity index (χ2n) is 6.16. The highest BCUT2D eigenvalue weighted by molar-refractivity contribution is 4.76.